The second-order valence-corrected chi connectivity index (χ2v) is 5.80. The van der Waals surface area contributed by atoms with Crippen molar-refractivity contribution in [2.24, 2.45) is 5.92 Å². The molecule has 1 amide bonds. The highest BCUT2D eigenvalue weighted by atomic mass is 16.5. The van der Waals surface area contributed by atoms with Crippen molar-refractivity contribution < 1.29 is 19.4 Å². The molecule has 2 aromatic carbocycles. The van der Waals surface area contributed by atoms with Crippen molar-refractivity contribution >= 4 is 17.6 Å². The van der Waals surface area contributed by atoms with Gasteiger partial charge in [-0.2, -0.15) is 0 Å². The molecule has 124 valence electrons. The molecule has 5 nitrogen and oxygen atoms in total. The Bertz CT molecular complexity index is 727. The van der Waals surface area contributed by atoms with E-state index in [2.05, 4.69) is 0 Å². The average molecular weight is 325 g/mol. The summed E-state index contributed by atoms with van der Waals surface area (Å²) in [6, 6.07) is 16.9. The number of carbonyl (C=O) groups is 2. The molecule has 1 aliphatic heterocycles. The third kappa shape index (κ3) is 2.97. The Balaban J connectivity index is 1.90. The molecule has 0 aromatic heterocycles. The standard InChI is InChI=1S/C19H19NO4/c1-24-15-9-7-13(8-10-15)18-16(11-12-17(21)22)19(23)20(18)14-5-3-2-4-6-14/h2-10,16,18H,11-12H2,1H3,(H,21,22). The molecule has 5 heteroatoms. The Morgan fingerprint density at radius 3 is 2.38 bits per heavy atom. The van der Waals surface area contributed by atoms with Crippen molar-refractivity contribution in [3.8, 4) is 5.75 Å². The fourth-order valence-electron chi connectivity index (χ4n) is 3.17. The maximum atomic E-state index is 12.6. The second kappa shape index (κ2) is 6.74. The van der Waals surface area contributed by atoms with Crippen molar-refractivity contribution in [3.05, 3.63) is 60.2 Å². The largest absolute Gasteiger partial charge is 0.497 e. The van der Waals surface area contributed by atoms with E-state index >= 15 is 0 Å². The normalized spacial score (nSPS) is 19.7. The van der Waals surface area contributed by atoms with E-state index in [4.69, 9.17) is 9.84 Å². The van der Waals surface area contributed by atoms with Crippen LogP contribution in [0.3, 0.4) is 0 Å². The molecule has 1 N–H and O–H groups in total. The van der Waals surface area contributed by atoms with Crippen LogP contribution in [0.4, 0.5) is 5.69 Å². The van der Waals surface area contributed by atoms with Crippen LogP contribution >= 0.6 is 0 Å². The number of ether oxygens (including phenoxy) is 1. The lowest BCUT2D eigenvalue weighted by Crippen LogP contribution is -2.55. The van der Waals surface area contributed by atoms with E-state index < -0.39 is 5.97 Å². The first kappa shape index (κ1) is 16.1. The summed E-state index contributed by atoms with van der Waals surface area (Å²) in [5.74, 6) is -0.467. The summed E-state index contributed by atoms with van der Waals surface area (Å²) in [6.45, 7) is 0. The van der Waals surface area contributed by atoms with Crippen molar-refractivity contribution in [1.29, 1.82) is 0 Å². The number of hydrogen-bond donors (Lipinski definition) is 1. The zero-order valence-corrected chi connectivity index (χ0v) is 13.4. The smallest absolute Gasteiger partial charge is 0.303 e. The maximum absolute atomic E-state index is 12.6. The van der Waals surface area contributed by atoms with Gasteiger partial charge in [0.1, 0.15) is 5.75 Å². The van der Waals surface area contributed by atoms with Gasteiger partial charge in [0, 0.05) is 12.1 Å². The molecule has 24 heavy (non-hydrogen) atoms. The molecule has 1 fully saturated rings. The van der Waals surface area contributed by atoms with Gasteiger partial charge in [-0.15, -0.1) is 0 Å². The first-order valence-corrected chi connectivity index (χ1v) is 7.85. The number of anilines is 1. The van der Waals surface area contributed by atoms with Crippen LogP contribution in [0.25, 0.3) is 0 Å². The molecule has 1 heterocycles. The van der Waals surface area contributed by atoms with Crippen molar-refractivity contribution in [3.63, 3.8) is 0 Å². The topological polar surface area (TPSA) is 66.8 Å². The molecule has 2 atom stereocenters. The van der Waals surface area contributed by atoms with Gasteiger partial charge in [-0.3, -0.25) is 9.59 Å². The van der Waals surface area contributed by atoms with Crippen LogP contribution in [0.5, 0.6) is 5.75 Å². The van der Waals surface area contributed by atoms with Crippen LogP contribution in [0.15, 0.2) is 54.6 Å². The monoisotopic (exact) mass is 325 g/mol. The molecular weight excluding hydrogens is 306 g/mol. The molecule has 0 bridgehead atoms. The van der Waals surface area contributed by atoms with Gasteiger partial charge in [0.15, 0.2) is 0 Å². The molecule has 1 saturated heterocycles. The van der Waals surface area contributed by atoms with E-state index in [9.17, 15) is 9.59 Å². The Morgan fingerprint density at radius 2 is 1.79 bits per heavy atom. The van der Waals surface area contributed by atoms with Gasteiger partial charge in [0.2, 0.25) is 5.91 Å². The Hall–Kier alpha value is -2.82. The van der Waals surface area contributed by atoms with E-state index in [1.807, 2.05) is 54.6 Å². The van der Waals surface area contributed by atoms with Crippen molar-refractivity contribution in [1.82, 2.24) is 0 Å². The van der Waals surface area contributed by atoms with Gasteiger partial charge >= 0.3 is 5.97 Å². The average Bonchev–Trinajstić information content (AvgIpc) is 2.60. The van der Waals surface area contributed by atoms with Gasteiger partial charge in [-0.05, 0) is 36.2 Å². The number of aliphatic carboxylic acids is 1. The summed E-state index contributed by atoms with van der Waals surface area (Å²) in [5, 5.41) is 8.93. The van der Waals surface area contributed by atoms with Gasteiger partial charge in [-0.1, -0.05) is 30.3 Å². The van der Waals surface area contributed by atoms with E-state index in [0.717, 1.165) is 17.0 Å². The minimum Gasteiger partial charge on any atom is -0.497 e. The minimum absolute atomic E-state index is 0.00824. The summed E-state index contributed by atoms with van der Waals surface area (Å²) < 4.78 is 5.18. The fourth-order valence-corrected chi connectivity index (χ4v) is 3.17. The Kier molecular flexibility index (Phi) is 4.51. The predicted molar refractivity (Wildman–Crippen MR) is 90.0 cm³/mol. The van der Waals surface area contributed by atoms with Crippen LogP contribution in [0, 0.1) is 5.92 Å². The number of hydrogen-bond acceptors (Lipinski definition) is 3. The zero-order chi connectivity index (χ0) is 17.1. The summed E-state index contributed by atoms with van der Waals surface area (Å²) in [5.41, 5.74) is 1.81. The summed E-state index contributed by atoms with van der Waals surface area (Å²) in [7, 11) is 1.60. The lowest BCUT2D eigenvalue weighted by molar-refractivity contribution is -0.138. The third-order valence-electron chi connectivity index (χ3n) is 4.37. The van der Waals surface area contributed by atoms with Crippen LogP contribution in [0.1, 0.15) is 24.4 Å². The molecule has 0 spiro atoms. The summed E-state index contributed by atoms with van der Waals surface area (Å²) in [6.07, 6.45) is 0.333. The molecule has 2 aromatic rings. The number of carbonyl (C=O) groups excluding carboxylic acids is 1. The molecular formula is C19H19NO4. The van der Waals surface area contributed by atoms with Crippen LogP contribution in [0.2, 0.25) is 0 Å². The van der Waals surface area contributed by atoms with Crippen LogP contribution < -0.4 is 9.64 Å². The molecule has 1 aliphatic rings. The number of amides is 1. The minimum atomic E-state index is -0.880. The summed E-state index contributed by atoms with van der Waals surface area (Å²) >= 11 is 0. The van der Waals surface area contributed by atoms with Gasteiger partial charge in [-0.25, -0.2) is 0 Å². The number of rotatable bonds is 6. The van der Waals surface area contributed by atoms with E-state index in [1.165, 1.54) is 0 Å². The van der Waals surface area contributed by atoms with Crippen LogP contribution in [-0.4, -0.2) is 24.1 Å². The first-order chi connectivity index (χ1) is 11.6. The number of carboxylic acids is 1. The molecule has 2 unspecified atom stereocenters. The molecule has 0 aliphatic carbocycles. The number of carboxylic acid groups (broad SMARTS) is 1. The van der Waals surface area contributed by atoms with Gasteiger partial charge in [0.25, 0.3) is 0 Å². The number of nitrogens with zero attached hydrogens (tertiary/aromatic N) is 1. The summed E-state index contributed by atoms with van der Waals surface area (Å²) in [4.78, 5) is 25.2. The van der Waals surface area contributed by atoms with Gasteiger partial charge < -0.3 is 14.7 Å². The van der Waals surface area contributed by atoms with E-state index in [-0.39, 0.29) is 24.3 Å². The van der Waals surface area contributed by atoms with Gasteiger partial charge in [0.05, 0.1) is 19.1 Å². The SMILES string of the molecule is COc1ccc(C2C(CCC(=O)O)C(=O)N2c2ccccc2)cc1. The highest BCUT2D eigenvalue weighted by molar-refractivity contribution is 6.03. The molecule has 3 rings (SSSR count). The number of methoxy groups -OCH3 is 1. The fraction of sp³-hybridized carbons (Fsp3) is 0.263. The Labute approximate surface area is 140 Å². The number of para-hydroxylation sites is 1. The highest BCUT2D eigenvalue weighted by Crippen LogP contribution is 2.45. The lowest BCUT2D eigenvalue weighted by Gasteiger charge is -2.47. The van der Waals surface area contributed by atoms with E-state index in [1.54, 1.807) is 12.0 Å². The Morgan fingerprint density at radius 1 is 1.12 bits per heavy atom. The maximum Gasteiger partial charge on any atom is 0.303 e. The molecule has 0 saturated carbocycles. The number of β-lactam (4-membered cyclic amide) rings is 1. The third-order valence-corrected chi connectivity index (χ3v) is 4.37. The van der Waals surface area contributed by atoms with E-state index in [0.29, 0.717) is 6.42 Å². The first-order valence-electron chi connectivity index (χ1n) is 7.85. The van der Waals surface area contributed by atoms with Crippen molar-refractivity contribution in [2.45, 2.75) is 18.9 Å². The second-order valence-electron chi connectivity index (χ2n) is 5.80. The highest BCUT2D eigenvalue weighted by Gasteiger charge is 2.48. The molecule has 0 radical (unpaired) electrons. The zero-order valence-electron chi connectivity index (χ0n) is 13.4. The predicted octanol–water partition coefficient (Wildman–Crippen LogP) is 3.26. The number of benzene rings is 2. The lowest BCUT2D eigenvalue weighted by atomic mass is 9.79. The quantitative estimate of drug-likeness (QED) is 0.828. The van der Waals surface area contributed by atoms with Crippen LogP contribution in [-0.2, 0) is 9.59 Å². The van der Waals surface area contributed by atoms with Crippen molar-refractivity contribution in [2.75, 3.05) is 12.0 Å².